The van der Waals surface area contributed by atoms with Crippen molar-refractivity contribution in [2.75, 3.05) is 80.3 Å². The third kappa shape index (κ3) is 16.6. The molecule has 7 aromatic rings. The standard InChI is InChI=1S/C22H26BrN3O2.C11H12BrNO.C10H8BrNO2.C10H10BrNO.C8H4BrNO3/c1-24-10-11-26(22(28)20-7-6-18(23)12-21(20)24)15-19(27)14-25-9-8-16-4-2-3-5-17(16)13-25;1-13-6-2-3-11(14)9-5-4-8(12)7-10(9)13;11-6-1-2-7-8(5-6)12-10(14)4-3-9(7)13;11-7-3-4-8-9(6-7)12-5-1-2-10(8)13;9-4-1-2-5-6(3-4)10-8(12)13-7(5)11/h2-7,12,19,27H,8-11,13-15H2,1H3;4-5,7H,2-3,6H2,1H3;1-2,5H,3-4H2,(H,12,14);3-4,6,12H,1-2,5H2;1-3H,(H,10,12)/t19-;;;;/m1..../s1. The lowest BCUT2D eigenvalue weighted by atomic mass is 10.00. The summed E-state index contributed by atoms with van der Waals surface area (Å²) in [6.45, 7) is 5.95. The fourth-order valence-corrected chi connectivity index (χ4v) is 11.8. The summed E-state index contributed by atoms with van der Waals surface area (Å²) in [7, 11) is 4.04. The fraction of sp³-hybridized carbons (Fsp3) is 0.295. The van der Waals surface area contributed by atoms with E-state index in [2.05, 4.69) is 139 Å². The largest absolute Gasteiger partial charge is 0.419 e. The second-order valence-electron chi connectivity index (χ2n) is 20.1. The summed E-state index contributed by atoms with van der Waals surface area (Å²) in [6, 6.07) is 36.0. The molecule has 0 unspecified atom stereocenters. The minimum absolute atomic E-state index is 0.00473. The van der Waals surface area contributed by atoms with Gasteiger partial charge >= 0.3 is 11.4 Å². The molecule has 0 aliphatic carbocycles. The lowest BCUT2D eigenvalue weighted by molar-refractivity contribution is -0.116. The van der Waals surface area contributed by atoms with Crippen LogP contribution in [0, 0.1) is 0 Å². The first-order chi connectivity index (χ1) is 39.3. The summed E-state index contributed by atoms with van der Waals surface area (Å²) in [5, 5.41) is 17.0. The molecule has 0 saturated heterocycles. The van der Waals surface area contributed by atoms with Gasteiger partial charge in [-0.2, -0.15) is 0 Å². The number of H-pyrrole nitrogens is 1. The van der Waals surface area contributed by atoms with Gasteiger partial charge in [-0.15, -0.1) is 0 Å². The van der Waals surface area contributed by atoms with Crippen molar-refractivity contribution in [3.63, 3.8) is 0 Å². The van der Waals surface area contributed by atoms with Crippen LogP contribution >= 0.6 is 79.6 Å². The number of rotatable bonds is 4. The minimum atomic E-state index is -0.740. The van der Waals surface area contributed by atoms with Gasteiger partial charge in [-0.25, -0.2) is 9.59 Å². The Morgan fingerprint density at radius 2 is 1.11 bits per heavy atom. The number of hydrogen-bond donors (Lipinski definition) is 4. The van der Waals surface area contributed by atoms with E-state index in [0.717, 1.165) is 103 Å². The van der Waals surface area contributed by atoms with Gasteiger partial charge in [0.05, 0.1) is 33.9 Å². The maximum absolute atomic E-state index is 13.0. The molecule has 1 atom stereocenters. The summed E-state index contributed by atoms with van der Waals surface area (Å²) in [5.41, 5.74) is 9.10. The molecule has 4 N–H and O–H groups in total. The van der Waals surface area contributed by atoms with Crippen molar-refractivity contribution >= 4 is 142 Å². The van der Waals surface area contributed by atoms with Crippen molar-refractivity contribution in [1.82, 2.24) is 14.8 Å². The van der Waals surface area contributed by atoms with E-state index in [0.29, 0.717) is 66.6 Å². The van der Waals surface area contributed by atoms with Gasteiger partial charge in [-0.3, -0.25) is 33.9 Å². The van der Waals surface area contributed by atoms with Gasteiger partial charge in [0, 0.05) is 143 Å². The van der Waals surface area contributed by atoms with Crippen LogP contribution in [-0.2, 0) is 17.8 Å². The van der Waals surface area contributed by atoms with E-state index in [1.54, 1.807) is 41.3 Å². The number of aliphatic hydroxyl groups excluding tert-OH is 1. The number of benzene rings is 6. The number of nitrogens with zero attached hydrogens (tertiary/aromatic N) is 4. The number of fused-ring (bicyclic) bond motifs is 6. The first-order valence-corrected chi connectivity index (χ1v) is 30.6. The summed E-state index contributed by atoms with van der Waals surface area (Å²) in [5.74, 6) is -0.323. The summed E-state index contributed by atoms with van der Waals surface area (Å²) in [6.07, 6.45) is 4.20. The second-order valence-corrected chi connectivity index (χ2v) is 24.7. The quantitative estimate of drug-likeness (QED) is 0.130. The van der Waals surface area contributed by atoms with Crippen molar-refractivity contribution in [3.05, 3.63) is 192 Å². The monoisotopic (exact) mass is 1430 g/mol. The predicted molar refractivity (Wildman–Crippen MR) is 339 cm³/mol. The third-order valence-electron chi connectivity index (χ3n) is 14.2. The van der Waals surface area contributed by atoms with Crippen LogP contribution in [0.25, 0.3) is 10.9 Å². The van der Waals surface area contributed by atoms with Gasteiger partial charge < -0.3 is 34.9 Å². The lowest BCUT2D eigenvalue weighted by Gasteiger charge is -2.32. The van der Waals surface area contributed by atoms with Crippen LogP contribution in [0.3, 0.4) is 0 Å². The molecule has 0 saturated carbocycles. The molecule has 12 rings (SSSR count). The lowest BCUT2D eigenvalue weighted by Crippen LogP contribution is -2.44. The summed E-state index contributed by atoms with van der Waals surface area (Å²) < 4.78 is 8.99. The highest BCUT2D eigenvalue weighted by Crippen LogP contribution is 2.31. The molecule has 6 aromatic carbocycles. The van der Waals surface area contributed by atoms with E-state index in [9.17, 15) is 38.7 Å². The minimum Gasteiger partial charge on any atom is -0.390 e. The van der Waals surface area contributed by atoms with E-state index in [4.69, 9.17) is 0 Å². The van der Waals surface area contributed by atoms with Crippen molar-refractivity contribution < 1.29 is 33.5 Å². The molecule has 2 amide bonds. The molecule has 0 bridgehead atoms. The van der Waals surface area contributed by atoms with Gasteiger partial charge in [0.25, 0.3) is 5.91 Å². The molecule has 6 heterocycles. The number of carbonyl (C=O) groups excluding carboxylic acids is 5. The number of hydrogen-bond acceptors (Lipinski definition) is 13. The first kappa shape index (κ1) is 62.0. The zero-order valence-electron chi connectivity index (χ0n) is 45.0. The second kappa shape index (κ2) is 29.0. The topological polar surface area (TPSA) is 206 Å². The SMILES string of the molecule is CN1CCCC(=O)c2ccc(Br)cc21.CN1CCN(C[C@H](O)CN2CCc3ccccc3C2)C(=O)c2ccc(Br)cc21.O=C1CCC(=O)c2ccc(Br)cc2N1.O=C1CCCNc2cc(Br)ccc21.O=c1[nH]c2cc(Br)ccc2c(=O)o1. The number of halogens is 5. The molecule has 428 valence electrons. The molecule has 16 nitrogen and oxygen atoms in total. The Hall–Kier alpha value is -6.07. The van der Waals surface area contributed by atoms with Crippen molar-refractivity contribution in [2.24, 2.45) is 0 Å². The van der Waals surface area contributed by atoms with Crippen LogP contribution < -0.4 is 31.8 Å². The molecular formula is C61H60Br5N7O9. The van der Waals surface area contributed by atoms with E-state index >= 15 is 0 Å². The molecule has 0 spiro atoms. The van der Waals surface area contributed by atoms with Gasteiger partial charge in [0.15, 0.2) is 17.3 Å². The molecule has 0 radical (unpaired) electrons. The molecule has 21 heteroatoms. The highest BCUT2D eigenvalue weighted by Gasteiger charge is 2.28. The highest BCUT2D eigenvalue weighted by atomic mass is 79.9. The number of aliphatic hydroxyl groups is 1. The maximum atomic E-state index is 13.0. The van der Waals surface area contributed by atoms with Crippen LogP contribution in [0.4, 0.5) is 22.7 Å². The van der Waals surface area contributed by atoms with Gasteiger partial charge in [-0.1, -0.05) is 104 Å². The normalized spacial score (nSPS) is 16.0. The number of likely N-dealkylation sites (N-methyl/N-ethyl adjacent to an activating group) is 1. The number of Topliss-reactive ketones (excluding diaryl/α,β-unsaturated/α-hetero) is 3. The summed E-state index contributed by atoms with van der Waals surface area (Å²) in [4.78, 5) is 91.7. The molecule has 5 aliphatic rings. The number of aromatic amines is 1. The Bertz CT molecular complexity index is 3650. The zero-order chi connectivity index (χ0) is 58.6. The number of β-amino-alcohol motifs (C(OH)–C–C–N with tert-alkyl or cyclic N) is 1. The van der Waals surface area contributed by atoms with Crippen LogP contribution in [0.1, 0.15) is 91.1 Å². The first-order valence-electron chi connectivity index (χ1n) is 26.6. The van der Waals surface area contributed by atoms with Gasteiger partial charge in [-0.05, 0) is 121 Å². The zero-order valence-corrected chi connectivity index (χ0v) is 53.0. The van der Waals surface area contributed by atoms with E-state index in [1.165, 1.54) is 11.1 Å². The van der Waals surface area contributed by atoms with Crippen LogP contribution in [0.2, 0.25) is 0 Å². The average Bonchev–Trinajstić information content (AvgIpc) is 4.05. The predicted octanol–water partition coefficient (Wildman–Crippen LogP) is 12.1. The third-order valence-corrected chi connectivity index (χ3v) is 16.7. The Morgan fingerprint density at radius 3 is 1.83 bits per heavy atom. The molecular weight excluding hydrogens is 1370 g/mol. The van der Waals surface area contributed by atoms with Crippen LogP contribution in [0.5, 0.6) is 0 Å². The van der Waals surface area contributed by atoms with Crippen molar-refractivity contribution in [2.45, 2.75) is 57.6 Å². The Kier molecular flexibility index (Phi) is 21.9. The number of anilines is 4. The van der Waals surface area contributed by atoms with Crippen molar-refractivity contribution in [3.8, 4) is 0 Å². The van der Waals surface area contributed by atoms with Crippen LogP contribution in [-0.4, -0.2) is 115 Å². The van der Waals surface area contributed by atoms with Gasteiger partial charge in [0.2, 0.25) is 5.91 Å². The Morgan fingerprint density at radius 1 is 0.549 bits per heavy atom. The fourth-order valence-electron chi connectivity index (χ4n) is 9.97. The Balaban J connectivity index is 0.000000141. The molecule has 1 aromatic heterocycles. The Labute approximate surface area is 516 Å². The number of amides is 2. The van der Waals surface area contributed by atoms with Gasteiger partial charge in [0.1, 0.15) is 0 Å². The number of carbonyl (C=O) groups is 5. The van der Waals surface area contributed by atoms with Crippen molar-refractivity contribution in [1.29, 1.82) is 0 Å². The average molecular weight is 1430 g/mol. The van der Waals surface area contributed by atoms with E-state index in [-0.39, 0.29) is 35.6 Å². The van der Waals surface area contributed by atoms with Crippen LogP contribution in [0.15, 0.2) is 152 Å². The highest BCUT2D eigenvalue weighted by molar-refractivity contribution is 9.11. The molecule has 82 heavy (non-hydrogen) atoms. The van der Waals surface area contributed by atoms with E-state index in [1.807, 2.05) is 68.7 Å². The van der Waals surface area contributed by atoms with E-state index < -0.39 is 17.5 Å². The number of aromatic nitrogens is 1. The molecule has 5 aliphatic heterocycles. The molecule has 0 fully saturated rings. The number of nitrogens with one attached hydrogen (secondary N) is 3. The smallest absolute Gasteiger partial charge is 0.390 e. The number of ketones is 3. The summed E-state index contributed by atoms with van der Waals surface area (Å²) >= 11 is 16.8. The maximum Gasteiger partial charge on any atom is 0.419 e.